The Hall–Kier alpha value is -2.16. The first-order valence-corrected chi connectivity index (χ1v) is 10.1. The lowest BCUT2D eigenvalue weighted by Gasteiger charge is -2.35. The minimum Gasteiger partial charge on any atom is -0.369 e. The van der Waals surface area contributed by atoms with Gasteiger partial charge in [-0.1, -0.05) is 29.8 Å². The lowest BCUT2D eigenvalue weighted by Crippen LogP contribution is -2.49. The summed E-state index contributed by atoms with van der Waals surface area (Å²) >= 11 is 6.07. The van der Waals surface area contributed by atoms with Crippen molar-refractivity contribution in [3.8, 4) is 0 Å². The van der Waals surface area contributed by atoms with Crippen LogP contribution >= 0.6 is 11.6 Å². The van der Waals surface area contributed by atoms with Crippen LogP contribution in [-0.4, -0.2) is 43.8 Å². The molecule has 26 heavy (non-hydrogen) atoms. The van der Waals surface area contributed by atoms with Crippen molar-refractivity contribution in [1.29, 1.82) is 0 Å². The lowest BCUT2D eigenvalue weighted by atomic mass is 10.2. The number of hydrogen-bond acceptors (Lipinski definition) is 5. The molecule has 0 aliphatic carbocycles. The number of anilines is 1. The molecule has 7 nitrogen and oxygen atoms in total. The fraction of sp³-hybridized carbons (Fsp3) is 0.294. The molecule has 0 bridgehead atoms. The van der Waals surface area contributed by atoms with E-state index in [2.05, 4.69) is 0 Å². The third-order valence-electron chi connectivity index (χ3n) is 4.35. The summed E-state index contributed by atoms with van der Waals surface area (Å²) < 4.78 is 26.8. The second kappa shape index (κ2) is 7.61. The predicted molar refractivity (Wildman–Crippen MR) is 101 cm³/mol. The van der Waals surface area contributed by atoms with Gasteiger partial charge in [-0.2, -0.15) is 4.31 Å². The number of benzene rings is 2. The van der Waals surface area contributed by atoms with Crippen molar-refractivity contribution in [2.75, 3.05) is 31.1 Å². The van der Waals surface area contributed by atoms with Crippen molar-refractivity contribution >= 4 is 33.0 Å². The maximum absolute atomic E-state index is 12.6. The largest absolute Gasteiger partial charge is 0.369 e. The first kappa shape index (κ1) is 18.6. The van der Waals surface area contributed by atoms with Gasteiger partial charge in [0.05, 0.1) is 10.7 Å². The van der Waals surface area contributed by atoms with E-state index in [1.807, 2.05) is 4.90 Å². The zero-order valence-corrected chi connectivity index (χ0v) is 15.5. The highest BCUT2D eigenvalue weighted by atomic mass is 35.5. The third kappa shape index (κ3) is 4.14. The number of nitrogens with zero attached hydrogens (tertiary/aromatic N) is 3. The third-order valence-corrected chi connectivity index (χ3v) is 6.55. The van der Waals surface area contributed by atoms with Crippen molar-refractivity contribution in [2.45, 2.75) is 5.75 Å². The highest BCUT2D eigenvalue weighted by Crippen LogP contribution is 2.23. The summed E-state index contributed by atoms with van der Waals surface area (Å²) in [5.41, 5.74) is 1.47. The molecule has 0 unspecified atom stereocenters. The Morgan fingerprint density at radius 2 is 1.62 bits per heavy atom. The molecule has 1 fully saturated rings. The number of halogens is 1. The second-order valence-electron chi connectivity index (χ2n) is 6.01. The minimum absolute atomic E-state index is 0.0368. The molecule has 1 aliphatic heterocycles. The summed E-state index contributed by atoms with van der Waals surface area (Å²) in [7, 11) is -3.45. The first-order valence-electron chi connectivity index (χ1n) is 8.07. The molecular weight excluding hydrogens is 378 g/mol. The Kier molecular flexibility index (Phi) is 5.45. The van der Waals surface area contributed by atoms with Crippen molar-refractivity contribution in [2.24, 2.45) is 0 Å². The van der Waals surface area contributed by atoms with Gasteiger partial charge in [0.15, 0.2) is 0 Å². The van der Waals surface area contributed by atoms with Gasteiger partial charge in [-0.05, 0) is 23.8 Å². The summed E-state index contributed by atoms with van der Waals surface area (Å²) in [5, 5.41) is 11.2. The number of sulfonamides is 1. The average Bonchev–Trinajstić information content (AvgIpc) is 2.64. The van der Waals surface area contributed by atoms with Crippen molar-refractivity contribution < 1.29 is 13.3 Å². The van der Waals surface area contributed by atoms with Gasteiger partial charge in [0.2, 0.25) is 10.0 Å². The first-order chi connectivity index (χ1) is 12.4. The van der Waals surface area contributed by atoms with Crippen LogP contribution in [0, 0.1) is 10.1 Å². The quantitative estimate of drug-likeness (QED) is 0.574. The predicted octanol–water partition coefficient (Wildman–Crippen LogP) is 2.90. The maximum Gasteiger partial charge on any atom is 0.269 e. The average molecular weight is 396 g/mol. The number of nitro groups is 1. The van der Waals surface area contributed by atoms with Gasteiger partial charge < -0.3 is 4.90 Å². The van der Waals surface area contributed by atoms with Crippen LogP contribution in [0.15, 0.2) is 48.5 Å². The fourth-order valence-electron chi connectivity index (χ4n) is 2.91. The van der Waals surface area contributed by atoms with Crippen molar-refractivity contribution in [3.05, 3.63) is 69.2 Å². The molecule has 0 radical (unpaired) electrons. The molecule has 1 heterocycles. The molecule has 1 aliphatic rings. The van der Waals surface area contributed by atoms with Gasteiger partial charge in [0.1, 0.15) is 0 Å². The molecule has 1 saturated heterocycles. The van der Waals surface area contributed by atoms with Gasteiger partial charge in [0.25, 0.3) is 5.69 Å². The summed E-state index contributed by atoms with van der Waals surface area (Å²) in [4.78, 5) is 12.3. The van der Waals surface area contributed by atoms with E-state index in [0.717, 1.165) is 5.69 Å². The smallest absolute Gasteiger partial charge is 0.269 e. The Morgan fingerprint density at radius 3 is 2.19 bits per heavy atom. The highest BCUT2D eigenvalue weighted by Gasteiger charge is 2.27. The summed E-state index contributed by atoms with van der Waals surface area (Å²) in [5.74, 6) is -0.121. The summed E-state index contributed by atoms with van der Waals surface area (Å²) in [6.45, 7) is 1.78. The van der Waals surface area contributed by atoms with E-state index >= 15 is 0 Å². The number of hydrogen-bond donors (Lipinski definition) is 0. The molecule has 3 rings (SSSR count). The van der Waals surface area contributed by atoms with E-state index in [1.165, 1.54) is 16.4 Å². The topological polar surface area (TPSA) is 83.8 Å². The molecule has 2 aromatic rings. The minimum atomic E-state index is -3.45. The monoisotopic (exact) mass is 395 g/mol. The lowest BCUT2D eigenvalue weighted by molar-refractivity contribution is -0.384. The van der Waals surface area contributed by atoms with Gasteiger partial charge in [-0.15, -0.1) is 0 Å². The Morgan fingerprint density at radius 1 is 1.00 bits per heavy atom. The summed E-state index contributed by atoms with van der Waals surface area (Å²) in [6, 6.07) is 13.2. The van der Waals surface area contributed by atoms with Crippen LogP contribution in [0.2, 0.25) is 5.02 Å². The molecule has 0 spiro atoms. The van der Waals surface area contributed by atoms with Gasteiger partial charge in [0, 0.05) is 49.0 Å². The molecule has 0 N–H and O–H groups in total. The molecule has 0 aromatic heterocycles. The molecule has 2 aromatic carbocycles. The fourth-order valence-corrected chi connectivity index (χ4v) is 4.74. The van der Waals surface area contributed by atoms with Gasteiger partial charge >= 0.3 is 0 Å². The van der Waals surface area contributed by atoms with Gasteiger partial charge in [-0.25, -0.2) is 8.42 Å². The molecule has 0 saturated carbocycles. The summed E-state index contributed by atoms with van der Waals surface area (Å²) in [6.07, 6.45) is 0. The molecule has 0 atom stereocenters. The highest BCUT2D eigenvalue weighted by molar-refractivity contribution is 7.88. The maximum atomic E-state index is 12.6. The molecular formula is C17H18ClN3O4S. The van der Waals surface area contributed by atoms with E-state index in [1.54, 1.807) is 36.4 Å². The Bertz CT molecular complexity index is 894. The van der Waals surface area contributed by atoms with E-state index in [9.17, 15) is 18.5 Å². The van der Waals surface area contributed by atoms with E-state index in [-0.39, 0.29) is 11.4 Å². The zero-order chi connectivity index (χ0) is 18.7. The van der Waals surface area contributed by atoms with Crippen molar-refractivity contribution in [3.63, 3.8) is 0 Å². The van der Waals surface area contributed by atoms with Crippen LogP contribution in [0.1, 0.15) is 5.56 Å². The van der Waals surface area contributed by atoms with E-state index < -0.39 is 14.9 Å². The van der Waals surface area contributed by atoms with Crippen LogP contribution in [0.3, 0.4) is 0 Å². The molecule has 0 amide bonds. The second-order valence-corrected chi connectivity index (χ2v) is 8.38. The van der Waals surface area contributed by atoms with E-state index in [0.29, 0.717) is 36.8 Å². The van der Waals surface area contributed by atoms with Crippen LogP contribution in [0.4, 0.5) is 11.4 Å². The number of non-ortho nitro benzene ring substituents is 1. The SMILES string of the molecule is O=[N+]([O-])c1ccc(N2CCN(S(=O)(=O)Cc3ccccc3Cl)CC2)cc1. The Labute approximate surface area is 157 Å². The van der Waals surface area contributed by atoms with Crippen LogP contribution in [-0.2, 0) is 15.8 Å². The van der Waals surface area contributed by atoms with Crippen LogP contribution < -0.4 is 4.90 Å². The van der Waals surface area contributed by atoms with Crippen LogP contribution in [0.5, 0.6) is 0 Å². The number of rotatable bonds is 5. The van der Waals surface area contributed by atoms with E-state index in [4.69, 9.17) is 11.6 Å². The standard InChI is InChI=1S/C17H18ClN3O4S/c18-17-4-2-1-3-14(17)13-26(24,25)20-11-9-19(10-12-20)15-5-7-16(8-6-15)21(22)23/h1-8H,9-13H2. The number of piperazine rings is 1. The number of nitro benzene ring substituents is 1. The normalized spacial score (nSPS) is 15.8. The molecule has 138 valence electrons. The Balaban J connectivity index is 1.64. The van der Waals surface area contributed by atoms with Crippen molar-refractivity contribution in [1.82, 2.24) is 4.31 Å². The van der Waals surface area contributed by atoms with Crippen LogP contribution in [0.25, 0.3) is 0 Å². The zero-order valence-electron chi connectivity index (χ0n) is 13.9. The van der Waals surface area contributed by atoms with Gasteiger partial charge in [-0.3, -0.25) is 10.1 Å². The molecule has 9 heteroatoms.